The van der Waals surface area contributed by atoms with Crippen LogP contribution in [0.25, 0.3) is 5.57 Å². The van der Waals surface area contributed by atoms with Crippen LogP contribution in [-0.2, 0) is 11.2 Å². The lowest BCUT2D eigenvalue weighted by atomic mass is 9.88. The van der Waals surface area contributed by atoms with Gasteiger partial charge in [-0.25, -0.2) is 0 Å². The molecule has 0 saturated carbocycles. The third kappa shape index (κ3) is 6.01. The number of amides is 1. The Kier molecular flexibility index (Phi) is 8.32. The summed E-state index contributed by atoms with van der Waals surface area (Å²) in [4.78, 5) is 14.5. The van der Waals surface area contributed by atoms with E-state index in [2.05, 4.69) is 5.10 Å². The topological polar surface area (TPSA) is 56.1 Å². The van der Waals surface area contributed by atoms with Crippen LogP contribution in [0.1, 0.15) is 35.6 Å². The highest BCUT2D eigenvalue weighted by Gasteiger charge is 2.74. The van der Waals surface area contributed by atoms with Gasteiger partial charge in [-0.1, -0.05) is 78.3 Å². The first kappa shape index (κ1) is 30.6. The second-order valence-electron chi connectivity index (χ2n) is 10.4. The predicted octanol–water partition coefficient (Wildman–Crippen LogP) is 7.36. The molecule has 12 heteroatoms. The van der Waals surface area contributed by atoms with E-state index in [4.69, 9.17) is 11.6 Å². The van der Waals surface area contributed by atoms with E-state index >= 15 is 0 Å². The molecule has 2 aliphatic heterocycles. The van der Waals surface area contributed by atoms with Crippen molar-refractivity contribution in [1.82, 2.24) is 4.90 Å². The Hall–Kier alpha value is -3.83. The Bertz CT molecular complexity index is 1540. The molecule has 5 rings (SSSR count). The summed E-state index contributed by atoms with van der Waals surface area (Å²) in [7, 11) is 0. The average Bonchev–Trinajstić information content (AvgIpc) is 3.42. The van der Waals surface area contributed by atoms with Crippen LogP contribution in [0, 0.1) is 0 Å². The van der Waals surface area contributed by atoms with Crippen LogP contribution in [0.4, 0.5) is 32.0 Å². The third-order valence-corrected chi connectivity index (χ3v) is 7.97. The van der Waals surface area contributed by atoms with Crippen molar-refractivity contribution in [3.63, 3.8) is 0 Å². The molecule has 1 atom stereocenters. The zero-order valence-corrected chi connectivity index (χ0v) is 23.3. The highest BCUT2D eigenvalue weighted by atomic mass is 35.5. The minimum absolute atomic E-state index is 0.0249. The SMILES string of the molecule is O=C(Cc1ccccc1)N1CC=C(c2cccc(C3CC(C(O)(C(F)(F)F)C(F)(F)F)=NN3c3ccccc3Cl)c2)CC1. The van der Waals surface area contributed by atoms with E-state index in [0.717, 1.165) is 16.1 Å². The Morgan fingerprint density at radius 1 is 0.930 bits per heavy atom. The number of benzene rings is 3. The second kappa shape index (κ2) is 11.7. The molecule has 0 saturated heterocycles. The van der Waals surface area contributed by atoms with Gasteiger partial charge in [0.1, 0.15) is 0 Å². The number of hydrogen-bond donors (Lipinski definition) is 1. The van der Waals surface area contributed by atoms with Crippen LogP contribution < -0.4 is 5.01 Å². The van der Waals surface area contributed by atoms with Crippen LogP contribution >= 0.6 is 11.6 Å². The Balaban J connectivity index is 1.44. The summed E-state index contributed by atoms with van der Waals surface area (Å²) in [5.41, 5.74) is -3.66. The monoisotopic (exact) mass is 621 g/mol. The second-order valence-corrected chi connectivity index (χ2v) is 10.8. The minimum Gasteiger partial charge on any atom is -0.369 e. The number of carbonyl (C=O) groups excluding carboxylic acids is 1. The number of hydrogen-bond acceptors (Lipinski definition) is 4. The Labute approximate surface area is 248 Å². The molecule has 3 aromatic rings. The van der Waals surface area contributed by atoms with Gasteiger partial charge in [-0.05, 0) is 46.9 Å². The molecule has 0 aliphatic carbocycles. The molecule has 1 unspecified atom stereocenters. The molecule has 0 bridgehead atoms. The first-order valence-electron chi connectivity index (χ1n) is 13.4. The molecule has 0 spiro atoms. The number of carbonyl (C=O) groups is 1. The summed E-state index contributed by atoms with van der Waals surface area (Å²) in [6.07, 6.45) is -10.3. The first-order chi connectivity index (χ1) is 20.3. The molecule has 226 valence electrons. The number of para-hydroxylation sites is 1. The molecule has 0 fully saturated rings. The Morgan fingerprint density at radius 2 is 1.60 bits per heavy atom. The van der Waals surface area contributed by atoms with Gasteiger partial charge in [0.2, 0.25) is 5.91 Å². The van der Waals surface area contributed by atoms with Gasteiger partial charge in [0.15, 0.2) is 0 Å². The summed E-state index contributed by atoms with van der Waals surface area (Å²) in [6, 6.07) is 20.9. The molecule has 0 radical (unpaired) electrons. The number of aliphatic hydroxyl groups is 1. The zero-order valence-electron chi connectivity index (χ0n) is 22.5. The molecular formula is C31H26ClF6N3O2. The van der Waals surface area contributed by atoms with Crippen LogP contribution in [0.15, 0.2) is 90.0 Å². The summed E-state index contributed by atoms with van der Waals surface area (Å²) >= 11 is 6.28. The van der Waals surface area contributed by atoms with E-state index in [1.54, 1.807) is 35.2 Å². The lowest BCUT2D eigenvalue weighted by Gasteiger charge is -2.32. The number of hydrazone groups is 1. The van der Waals surface area contributed by atoms with Crippen LogP contribution in [0.3, 0.4) is 0 Å². The van der Waals surface area contributed by atoms with Crippen molar-refractivity contribution in [2.75, 3.05) is 18.1 Å². The van der Waals surface area contributed by atoms with Crippen molar-refractivity contribution in [2.24, 2.45) is 5.10 Å². The van der Waals surface area contributed by atoms with Gasteiger partial charge in [-0.2, -0.15) is 31.4 Å². The van der Waals surface area contributed by atoms with Crippen molar-refractivity contribution in [1.29, 1.82) is 0 Å². The number of rotatable bonds is 6. The van der Waals surface area contributed by atoms with Gasteiger partial charge in [-0.15, -0.1) is 0 Å². The highest BCUT2D eigenvalue weighted by Crippen LogP contribution is 2.49. The number of halogens is 7. The quantitative estimate of drug-likeness (QED) is 0.293. The van der Waals surface area contributed by atoms with Crippen LogP contribution in [0.5, 0.6) is 0 Å². The van der Waals surface area contributed by atoms with E-state index in [-0.39, 0.29) is 23.0 Å². The van der Waals surface area contributed by atoms with Crippen molar-refractivity contribution < 1.29 is 36.2 Å². The molecule has 1 N–H and O–H groups in total. The van der Waals surface area contributed by atoms with E-state index in [1.807, 2.05) is 36.4 Å². The minimum atomic E-state index is -6.07. The van der Waals surface area contributed by atoms with Gasteiger partial charge in [0.25, 0.3) is 5.60 Å². The maximum Gasteiger partial charge on any atom is 0.431 e. The smallest absolute Gasteiger partial charge is 0.369 e. The van der Waals surface area contributed by atoms with E-state index in [9.17, 15) is 36.2 Å². The third-order valence-electron chi connectivity index (χ3n) is 7.65. The summed E-state index contributed by atoms with van der Waals surface area (Å²) < 4.78 is 82.7. The molecule has 2 heterocycles. The zero-order chi connectivity index (χ0) is 31.0. The van der Waals surface area contributed by atoms with Gasteiger partial charge in [0.05, 0.1) is 28.9 Å². The molecule has 0 aromatic heterocycles. The largest absolute Gasteiger partial charge is 0.431 e. The van der Waals surface area contributed by atoms with Crippen molar-refractivity contribution >= 4 is 34.5 Å². The maximum atomic E-state index is 13.8. The van der Waals surface area contributed by atoms with Crippen LogP contribution in [-0.4, -0.2) is 52.7 Å². The van der Waals surface area contributed by atoms with Gasteiger partial charge < -0.3 is 10.0 Å². The summed E-state index contributed by atoms with van der Waals surface area (Å²) in [5.74, 6) is -0.0249. The Morgan fingerprint density at radius 3 is 2.23 bits per heavy atom. The lowest BCUT2D eigenvalue weighted by Crippen LogP contribution is -2.62. The fraction of sp³-hybridized carbons (Fsp3) is 0.290. The van der Waals surface area contributed by atoms with E-state index in [0.29, 0.717) is 30.6 Å². The normalized spacial score (nSPS) is 18.0. The van der Waals surface area contributed by atoms with Crippen molar-refractivity contribution in [2.45, 2.75) is 43.3 Å². The molecule has 1 amide bonds. The van der Waals surface area contributed by atoms with Gasteiger partial charge >= 0.3 is 12.4 Å². The van der Waals surface area contributed by atoms with Gasteiger partial charge in [-0.3, -0.25) is 9.80 Å². The summed E-state index contributed by atoms with van der Waals surface area (Å²) in [5, 5.41) is 14.9. The lowest BCUT2D eigenvalue weighted by molar-refractivity contribution is -0.338. The number of nitrogens with zero attached hydrogens (tertiary/aromatic N) is 3. The predicted molar refractivity (Wildman–Crippen MR) is 152 cm³/mol. The highest BCUT2D eigenvalue weighted by molar-refractivity contribution is 6.33. The molecule has 5 nitrogen and oxygen atoms in total. The number of alkyl halides is 6. The van der Waals surface area contributed by atoms with Gasteiger partial charge in [0, 0.05) is 19.5 Å². The van der Waals surface area contributed by atoms with Crippen molar-refractivity contribution in [3.8, 4) is 0 Å². The molecule has 43 heavy (non-hydrogen) atoms. The first-order valence-corrected chi connectivity index (χ1v) is 13.8. The maximum absolute atomic E-state index is 13.8. The fourth-order valence-corrected chi connectivity index (χ4v) is 5.54. The number of anilines is 1. The average molecular weight is 622 g/mol. The summed E-state index contributed by atoms with van der Waals surface area (Å²) in [6.45, 7) is 0.812. The van der Waals surface area contributed by atoms with Crippen molar-refractivity contribution in [3.05, 3.63) is 107 Å². The van der Waals surface area contributed by atoms with E-state index in [1.165, 1.54) is 18.2 Å². The van der Waals surface area contributed by atoms with Crippen LogP contribution in [0.2, 0.25) is 5.02 Å². The standard InChI is InChI=1S/C31H26ClF6N3O2/c32-24-11-4-5-12-25(24)41-26(19-27(39-41)29(43,30(33,34)35)31(36,37)38)23-10-6-9-22(18-23)21-13-15-40(16-14-21)28(42)17-20-7-2-1-3-8-20/h1-13,18,26,43H,14-17,19H2. The molecule has 3 aromatic carbocycles. The molecule has 2 aliphatic rings. The van der Waals surface area contributed by atoms with E-state index < -0.39 is 36.1 Å². The fourth-order valence-electron chi connectivity index (χ4n) is 5.32. The molecular weight excluding hydrogens is 596 g/mol.